The summed E-state index contributed by atoms with van der Waals surface area (Å²) in [6, 6.07) is 12.7. The predicted molar refractivity (Wildman–Crippen MR) is 86.9 cm³/mol. The van der Waals surface area contributed by atoms with Crippen LogP contribution in [0.15, 0.2) is 47.2 Å². The highest BCUT2D eigenvalue weighted by Gasteiger charge is 2.05. The molecular weight excluding hydrogens is 266 g/mol. The van der Waals surface area contributed by atoms with Crippen LogP contribution >= 0.6 is 11.3 Å². The lowest BCUT2D eigenvalue weighted by Gasteiger charge is -2.07. The molecule has 2 nitrogen and oxygen atoms in total. The van der Waals surface area contributed by atoms with E-state index in [9.17, 15) is 0 Å². The topological polar surface area (TPSA) is 25.2 Å². The number of aliphatic hydroxyl groups is 1. The normalized spacial score (nSPS) is 11.7. The highest BCUT2D eigenvalue weighted by Crippen LogP contribution is 2.22. The summed E-state index contributed by atoms with van der Waals surface area (Å²) in [7, 11) is 0. The number of para-hydroxylation sites is 1. The van der Waals surface area contributed by atoms with E-state index in [1.165, 1.54) is 22.2 Å². The summed E-state index contributed by atoms with van der Waals surface area (Å²) in [6.07, 6.45) is 5.07. The van der Waals surface area contributed by atoms with Crippen LogP contribution in [0.2, 0.25) is 0 Å². The smallest absolute Gasteiger partial charge is 0.0485 e. The van der Waals surface area contributed by atoms with Crippen molar-refractivity contribution in [3.63, 3.8) is 0 Å². The van der Waals surface area contributed by atoms with Crippen molar-refractivity contribution in [3.8, 4) is 0 Å². The van der Waals surface area contributed by atoms with E-state index in [4.69, 9.17) is 5.11 Å². The van der Waals surface area contributed by atoms with Crippen molar-refractivity contribution in [2.75, 3.05) is 6.61 Å². The molecule has 2 heterocycles. The van der Waals surface area contributed by atoms with E-state index in [1.807, 2.05) is 0 Å². The lowest BCUT2D eigenvalue weighted by atomic mass is 10.2. The van der Waals surface area contributed by atoms with Crippen LogP contribution in [-0.2, 0) is 6.54 Å². The van der Waals surface area contributed by atoms with Gasteiger partial charge in [-0.3, -0.25) is 0 Å². The summed E-state index contributed by atoms with van der Waals surface area (Å²) < 4.78 is 2.27. The Labute approximate surface area is 122 Å². The monoisotopic (exact) mass is 283 g/mol. The minimum Gasteiger partial charge on any atom is -0.396 e. The van der Waals surface area contributed by atoms with Crippen molar-refractivity contribution >= 4 is 34.4 Å². The van der Waals surface area contributed by atoms with Crippen LogP contribution in [0.3, 0.4) is 0 Å². The maximum Gasteiger partial charge on any atom is 0.0485 e. The summed E-state index contributed by atoms with van der Waals surface area (Å²) in [6.45, 7) is 1.06. The number of hydrogen-bond acceptors (Lipinski definition) is 2. The molecule has 0 unspecified atom stereocenters. The van der Waals surface area contributed by atoms with E-state index in [1.54, 1.807) is 11.3 Å². The molecule has 1 aromatic carbocycles. The van der Waals surface area contributed by atoms with Crippen molar-refractivity contribution < 1.29 is 5.11 Å². The third-order valence-corrected chi connectivity index (χ3v) is 4.07. The number of aromatic nitrogens is 1. The molecule has 0 fully saturated rings. The molecule has 0 aliphatic carbocycles. The first-order valence-electron chi connectivity index (χ1n) is 6.78. The van der Waals surface area contributed by atoms with Crippen molar-refractivity contribution in [3.05, 3.63) is 58.4 Å². The molecule has 3 aromatic rings. The lowest BCUT2D eigenvalue weighted by Crippen LogP contribution is -2.01. The van der Waals surface area contributed by atoms with Gasteiger partial charge in [0.2, 0.25) is 0 Å². The summed E-state index contributed by atoms with van der Waals surface area (Å²) in [5.41, 5.74) is 3.64. The number of fused-ring (bicyclic) bond motifs is 1. The van der Waals surface area contributed by atoms with E-state index < -0.39 is 0 Å². The molecule has 0 bridgehead atoms. The highest BCUT2D eigenvalue weighted by molar-refractivity contribution is 7.08. The molecular formula is C17H17NOS. The third-order valence-electron chi connectivity index (χ3n) is 3.37. The number of rotatable bonds is 5. The van der Waals surface area contributed by atoms with Gasteiger partial charge in [0.15, 0.2) is 0 Å². The minimum absolute atomic E-state index is 0.222. The largest absolute Gasteiger partial charge is 0.396 e. The van der Waals surface area contributed by atoms with Gasteiger partial charge in [-0.2, -0.15) is 11.3 Å². The SMILES string of the molecule is OCCCn1c(C=Cc2ccsc2)cc2ccccc21. The first-order valence-corrected chi connectivity index (χ1v) is 7.72. The Morgan fingerprint density at radius 1 is 1.15 bits per heavy atom. The molecule has 0 spiro atoms. The van der Waals surface area contributed by atoms with Crippen molar-refractivity contribution in [1.29, 1.82) is 0 Å². The fraction of sp³-hybridized carbons (Fsp3) is 0.176. The number of thiophene rings is 1. The fourth-order valence-electron chi connectivity index (χ4n) is 2.40. The van der Waals surface area contributed by atoms with E-state index in [0.29, 0.717) is 0 Å². The summed E-state index contributed by atoms with van der Waals surface area (Å²) >= 11 is 1.71. The van der Waals surface area contributed by atoms with Crippen LogP contribution < -0.4 is 0 Å². The van der Waals surface area contributed by atoms with E-state index in [-0.39, 0.29) is 6.61 Å². The first kappa shape index (κ1) is 13.2. The van der Waals surface area contributed by atoms with E-state index in [0.717, 1.165) is 13.0 Å². The lowest BCUT2D eigenvalue weighted by molar-refractivity contribution is 0.280. The van der Waals surface area contributed by atoms with Gasteiger partial charge in [-0.05, 0) is 47.0 Å². The van der Waals surface area contributed by atoms with Gasteiger partial charge in [0.25, 0.3) is 0 Å². The number of aliphatic hydroxyl groups excluding tert-OH is 1. The fourth-order valence-corrected chi connectivity index (χ4v) is 3.03. The average molecular weight is 283 g/mol. The standard InChI is InChI=1S/C17H17NOS/c19-10-3-9-18-16(7-6-14-8-11-20-13-14)12-15-4-1-2-5-17(15)18/h1-2,4-8,11-13,19H,3,9-10H2. The quantitative estimate of drug-likeness (QED) is 0.744. The Hall–Kier alpha value is -1.84. The molecule has 2 aromatic heterocycles. The Morgan fingerprint density at radius 2 is 2.05 bits per heavy atom. The number of benzene rings is 1. The van der Waals surface area contributed by atoms with Gasteiger partial charge < -0.3 is 9.67 Å². The molecule has 0 amide bonds. The molecule has 0 saturated carbocycles. The second-order valence-corrected chi connectivity index (χ2v) is 5.53. The van der Waals surface area contributed by atoms with Gasteiger partial charge in [0.05, 0.1) is 0 Å². The van der Waals surface area contributed by atoms with Gasteiger partial charge in [-0.25, -0.2) is 0 Å². The van der Waals surface area contributed by atoms with Gasteiger partial charge >= 0.3 is 0 Å². The number of nitrogens with zero attached hydrogens (tertiary/aromatic N) is 1. The zero-order chi connectivity index (χ0) is 13.8. The highest BCUT2D eigenvalue weighted by atomic mass is 32.1. The summed E-state index contributed by atoms with van der Waals surface area (Å²) in [4.78, 5) is 0. The third kappa shape index (κ3) is 2.69. The Morgan fingerprint density at radius 3 is 2.85 bits per heavy atom. The molecule has 0 aliphatic rings. The van der Waals surface area contributed by atoms with Gasteiger partial charge in [-0.15, -0.1) is 0 Å². The molecule has 0 atom stereocenters. The number of aryl methyl sites for hydroxylation is 1. The maximum absolute atomic E-state index is 9.08. The first-order chi connectivity index (χ1) is 9.88. The second-order valence-electron chi connectivity index (χ2n) is 4.75. The molecule has 0 aliphatic heterocycles. The van der Waals surface area contributed by atoms with Gasteiger partial charge in [0.1, 0.15) is 0 Å². The van der Waals surface area contributed by atoms with Crippen LogP contribution in [0, 0.1) is 0 Å². The predicted octanol–water partition coefficient (Wildman–Crippen LogP) is 4.26. The van der Waals surface area contributed by atoms with Crippen molar-refractivity contribution in [2.24, 2.45) is 0 Å². The molecule has 3 rings (SSSR count). The molecule has 102 valence electrons. The van der Waals surface area contributed by atoms with Crippen LogP contribution in [0.5, 0.6) is 0 Å². The molecule has 3 heteroatoms. The molecule has 0 saturated heterocycles. The molecule has 20 heavy (non-hydrogen) atoms. The van der Waals surface area contributed by atoms with Crippen LogP contribution in [-0.4, -0.2) is 16.3 Å². The maximum atomic E-state index is 9.08. The Bertz CT molecular complexity index is 710. The Balaban J connectivity index is 2.00. The summed E-state index contributed by atoms with van der Waals surface area (Å²) in [5, 5.41) is 14.5. The van der Waals surface area contributed by atoms with Crippen LogP contribution in [0.1, 0.15) is 17.7 Å². The van der Waals surface area contributed by atoms with E-state index >= 15 is 0 Å². The van der Waals surface area contributed by atoms with Gasteiger partial charge in [0, 0.05) is 29.7 Å². The molecule has 1 N–H and O–H groups in total. The average Bonchev–Trinajstić information content (AvgIpc) is 3.10. The molecule has 0 radical (unpaired) electrons. The summed E-state index contributed by atoms with van der Waals surface area (Å²) in [5.74, 6) is 0. The second kappa shape index (κ2) is 6.07. The van der Waals surface area contributed by atoms with Crippen LogP contribution in [0.4, 0.5) is 0 Å². The zero-order valence-electron chi connectivity index (χ0n) is 11.2. The van der Waals surface area contributed by atoms with Crippen molar-refractivity contribution in [1.82, 2.24) is 4.57 Å². The van der Waals surface area contributed by atoms with Gasteiger partial charge in [-0.1, -0.05) is 24.3 Å². The van der Waals surface area contributed by atoms with Crippen LogP contribution in [0.25, 0.3) is 23.1 Å². The minimum atomic E-state index is 0.222. The Kier molecular flexibility index (Phi) is 4.00. The van der Waals surface area contributed by atoms with E-state index in [2.05, 4.69) is 63.9 Å². The zero-order valence-corrected chi connectivity index (χ0v) is 12.0. The van der Waals surface area contributed by atoms with Crippen molar-refractivity contribution in [2.45, 2.75) is 13.0 Å². The number of hydrogen-bond donors (Lipinski definition) is 1.